The minimum Gasteiger partial charge on any atom is -0.493 e. The van der Waals surface area contributed by atoms with E-state index < -0.39 is 0 Å². The van der Waals surface area contributed by atoms with Crippen molar-refractivity contribution in [2.75, 3.05) is 13.9 Å². The van der Waals surface area contributed by atoms with Gasteiger partial charge in [-0.25, -0.2) is 0 Å². The smallest absolute Gasteiger partial charge is 0.231 e. The average molecular weight is 320 g/mol. The van der Waals surface area contributed by atoms with Gasteiger partial charge in [-0.05, 0) is 35.7 Å². The zero-order valence-corrected chi connectivity index (χ0v) is 12.8. The Morgan fingerprint density at radius 2 is 1.71 bits per heavy atom. The van der Waals surface area contributed by atoms with Gasteiger partial charge in [-0.1, -0.05) is 12.1 Å². The molecule has 4 aromatic rings. The molecule has 2 heterocycles. The lowest BCUT2D eigenvalue weighted by molar-refractivity contribution is 0.174. The van der Waals surface area contributed by atoms with Crippen LogP contribution in [0.4, 0.5) is 0 Å². The number of benzene rings is 3. The Labute approximate surface area is 136 Å². The first-order valence-corrected chi connectivity index (χ1v) is 7.52. The third kappa shape index (κ3) is 1.66. The molecule has 0 amide bonds. The normalized spacial score (nSPS) is 13.0. The first kappa shape index (κ1) is 13.2. The highest BCUT2D eigenvalue weighted by Gasteiger charge is 2.18. The fourth-order valence-electron chi connectivity index (χ4n) is 3.18. The molecule has 0 unspecified atom stereocenters. The molecule has 0 fully saturated rings. The van der Waals surface area contributed by atoms with Crippen LogP contribution in [0.5, 0.6) is 17.2 Å². The molecular weight excluding hydrogens is 308 g/mol. The summed E-state index contributed by atoms with van der Waals surface area (Å²) in [5, 5.41) is 2.76. The van der Waals surface area contributed by atoms with Crippen LogP contribution in [0.1, 0.15) is 0 Å². The largest absolute Gasteiger partial charge is 0.493 e. The van der Waals surface area contributed by atoms with Crippen LogP contribution in [-0.4, -0.2) is 13.9 Å². The summed E-state index contributed by atoms with van der Waals surface area (Å²) in [6, 6.07) is 12.7. The van der Waals surface area contributed by atoms with Crippen LogP contribution >= 0.6 is 0 Å². The van der Waals surface area contributed by atoms with Crippen LogP contribution in [0.15, 0.2) is 51.7 Å². The van der Waals surface area contributed by atoms with E-state index in [0.717, 1.165) is 10.8 Å². The molecule has 0 saturated heterocycles. The van der Waals surface area contributed by atoms with Gasteiger partial charge in [-0.2, -0.15) is 0 Å². The summed E-state index contributed by atoms with van der Waals surface area (Å²) in [6.07, 6.45) is 0. The molecule has 118 valence electrons. The Hall–Kier alpha value is -3.21. The van der Waals surface area contributed by atoms with Gasteiger partial charge in [0.05, 0.1) is 17.9 Å². The molecule has 5 nitrogen and oxygen atoms in total. The van der Waals surface area contributed by atoms with E-state index in [9.17, 15) is 4.79 Å². The quantitative estimate of drug-likeness (QED) is 0.394. The van der Waals surface area contributed by atoms with Crippen LogP contribution in [0.3, 0.4) is 0 Å². The van der Waals surface area contributed by atoms with Gasteiger partial charge in [-0.15, -0.1) is 0 Å². The summed E-state index contributed by atoms with van der Waals surface area (Å²) < 4.78 is 22.3. The highest BCUT2D eigenvalue weighted by molar-refractivity contribution is 6.08. The second-order valence-electron chi connectivity index (χ2n) is 5.64. The Morgan fingerprint density at radius 3 is 2.54 bits per heavy atom. The molecule has 5 heteroatoms. The van der Waals surface area contributed by atoms with Gasteiger partial charge in [0.25, 0.3) is 0 Å². The maximum absolute atomic E-state index is 12.9. The van der Waals surface area contributed by atoms with E-state index >= 15 is 0 Å². The highest BCUT2D eigenvalue weighted by atomic mass is 16.7. The van der Waals surface area contributed by atoms with Crippen molar-refractivity contribution in [2.24, 2.45) is 0 Å². The molecule has 0 radical (unpaired) electrons. The predicted octanol–water partition coefficient (Wildman–Crippen LogP) is 3.84. The third-order valence-electron chi connectivity index (χ3n) is 4.36. The molecule has 1 aliphatic heterocycles. The van der Waals surface area contributed by atoms with Crippen LogP contribution in [0.2, 0.25) is 0 Å². The monoisotopic (exact) mass is 320 g/mol. The van der Waals surface area contributed by atoms with Crippen molar-refractivity contribution in [3.8, 4) is 17.2 Å². The van der Waals surface area contributed by atoms with Crippen molar-refractivity contribution in [3.05, 3.63) is 52.7 Å². The molecule has 0 spiro atoms. The first-order chi connectivity index (χ1) is 11.8. The minimum atomic E-state index is -0.0790. The van der Waals surface area contributed by atoms with Gasteiger partial charge in [0.15, 0.2) is 22.8 Å². The minimum absolute atomic E-state index is 0.0790. The molecule has 0 atom stereocenters. The van der Waals surface area contributed by atoms with Crippen LogP contribution in [0.25, 0.3) is 32.7 Å². The third-order valence-corrected chi connectivity index (χ3v) is 4.36. The van der Waals surface area contributed by atoms with Crippen LogP contribution < -0.4 is 19.6 Å². The van der Waals surface area contributed by atoms with Gasteiger partial charge in [0, 0.05) is 5.39 Å². The maximum atomic E-state index is 12.9. The van der Waals surface area contributed by atoms with Crippen molar-refractivity contribution in [1.82, 2.24) is 0 Å². The van der Waals surface area contributed by atoms with Crippen molar-refractivity contribution < 1.29 is 18.6 Å². The number of fused-ring (bicyclic) bond motifs is 5. The molecule has 0 N–H and O–H groups in total. The van der Waals surface area contributed by atoms with Gasteiger partial charge in [0.2, 0.25) is 12.2 Å². The molecule has 0 saturated carbocycles. The Morgan fingerprint density at radius 1 is 0.917 bits per heavy atom. The number of hydrogen-bond acceptors (Lipinski definition) is 5. The SMILES string of the molecule is COc1cccc2c(=O)c3ccc4cc5c(cc4c3oc12)OCO5. The second-order valence-corrected chi connectivity index (χ2v) is 5.64. The van der Waals surface area contributed by atoms with E-state index in [-0.39, 0.29) is 12.2 Å². The fraction of sp³-hybridized carbons (Fsp3) is 0.105. The number of ether oxygens (including phenoxy) is 3. The molecule has 24 heavy (non-hydrogen) atoms. The maximum Gasteiger partial charge on any atom is 0.231 e. The van der Waals surface area contributed by atoms with Gasteiger partial charge in [-0.3, -0.25) is 4.79 Å². The van der Waals surface area contributed by atoms with Gasteiger partial charge in [0.1, 0.15) is 5.58 Å². The summed E-state index contributed by atoms with van der Waals surface area (Å²) in [6.45, 7) is 0.199. The molecule has 5 rings (SSSR count). The average Bonchev–Trinajstić information content (AvgIpc) is 3.07. The zero-order chi connectivity index (χ0) is 16.3. The lowest BCUT2D eigenvalue weighted by Crippen LogP contribution is -2.03. The molecule has 1 aromatic heterocycles. The summed E-state index contributed by atoms with van der Waals surface area (Å²) >= 11 is 0. The summed E-state index contributed by atoms with van der Waals surface area (Å²) in [5.74, 6) is 1.88. The van der Waals surface area contributed by atoms with E-state index in [1.807, 2.05) is 18.2 Å². The Bertz CT molecular complexity index is 1190. The van der Waals surface area contributed by atoms with E-state index in [0.29, 0.717) is 39.2 Å². The lowest BCUT2D eigenvalue weighted by Gasteiger charge is -2.08. The number of rotatable bonds is 1. The van der Waals surface area contributed by atoms with Crippen LogP contribution in [0, 0.1) is 0 Å². The number of hydrogen-bond donors (Lipinski definition) is 0. The van der Waals surface area contributed by atoms with Crippen molar-refractivity contribution >= 4 is 32.7 Å². The van der Waals surface area contributed by atoms with Crippen molar-refractivity contribution in [2.45, 2.75) is 0 Å². The standard InChI is InChI=1S/C19H12O5/c1-21-14-4-2-3-11-17(20)12-6-5-10-7-15-16(23-9-22-15)8-13(10)18(12)24-19(11)14/h2-8H,9H2,1H3. The first-order valence-electron chi connectivity index (χ1n) is 7.52. The topological polar surface area (TPSA) is 57.9 Å². The summed E-state index contributed by atoms with van der Waals surface area (Å²) in [5.41, 5.74) is 0.889. The molecule has 1 aliphatic rings. The second kappa shape index (κ2) is 4.64. The summed E-state index contributed by atoms with van der Waals surface area (Å²) in [4.78, 5) is 12.9. The molecule has 3 aromatic carbocycles. The highest BCUT2D eigenvalue weighted by Crippen LogP contribution is 2.39. The Kier molecular flexibility index (Phi) is 2.56. The Balaban J connectivity index is 2.00. The predicted molar refractivity (Wildman–Crippen MR) is 90.2 cm³/mol. The lowest BCUT2D eigenvalue weighted by atomic mass is 10.0. The number of para-hydroxylation sites is 1. The van der Waals surface area contributed by atoms with Crippen molar-refractivity contribution in [1.29, 1.82) is 0 Å². The molecular formula is C19H12O5. The number of methoxy groups -OCH3 is 1. The zero-order valence-electron chi connectivity index (χ0n) is 12.8. The van der Waals surface area contributed by atoms with Crippen molar-refractivity contribution in [3.63, 3.8) is 0 Å². The summed E-state index contributed by atoms with van der Waals surface area (Å²) in [7, 11) is 1.56. The van der Waals surface area contributed by atoms with Crippen LogP contribution in [-0.2, 0) is 0 Å². The van der Waals surface area contributed by atoms with E-state index in [2.05, 4.69) is 0 Å². The molecule has 0 aliphatic carbocycles. The fourth-order valence-corrected chi connectivity index (χ4v) is 3.18. The van der Waals surface area contributed by atoms with E-state index in [1.54, 1.807) is 31.4 Å². The molecule has 0 bridgehead atoms. The van der Waals surface area contributed by atoms with Gasteiger partial charge >= 0.3 is 0 Å². The van der Waals surface area contributed by atoms with Gasteiger partial charge < -0.3 is 18.6 Å². The van der Waals surface area contributed by atoms with E-state index in [1.165, 1.54) is 0 Å². The van der Waals surface area contributed by atoms with E-state index in [4.69, 9.17) is 18.6 Å².